The number of carbonyl (C=O) groups is 1. The van der Waals surface area contributed by atoms with Gasteiger partial charge >= 0.3 is 24.8 Å². The van der Waals surface area contributed by atoms with Gasteiger partial charge in [0.25, 0.3) is 0 Å². The Kier molecular flexibility index (Phi) is 4.56. The van der Waals surface area contributed by atoms with Crippen LogP contribution in [0.15, 0.2) is 18.6 Å². The maximum atomic E-state index is 10.4. The molecule has 1 aromatic rings. The van der Waals surface area contributed by atoms with Crippen molar-refractivity contribution in [2.75, 3.05) is 0 Å². The van der Waals surface area contributed by atoms with Gasteiger partial charge in [0.2, 0.25) is 0 Å². The number of aromatic nitrogens is 2. The van der Waals surface area contributed by atoms with Crippen molar-refractivity contribution in [1.29, 1.82) is 0 Å². The van der Waals surface area contributed by atoms with Crippen LogP contribution < -0.4 is 18.9 Å². The summed E-state index contributed by atoms with van der Waals surface area (Å²) in [5, 5.41) is 8.57. The van der Waals surface area contributed by atoms with Crippen LogP contribution in [0, 0.1) is 0 Å². The molecule has 4 nitrogen and oxygen atoms in total. The molecule has 0 radical (unpaired) electrons. The summed E-state index contributed by atoms with van der Waals surface area (Å²) in [6.07, 6.45) is 4.45. The van der Waals surface area contributed by atoms with Gasteiger partial charge in [-0.15, -0.1) is 0 Å². The molecule has 1 N–H and O–H groups in total. The second-order valence-corrected chi connectivity index (χ2v) is 2.19. The Hall–Kier alpha value is -0.853. The van der Waals surface area contributed by atoms with Gasteiger partial charge in [0.1, 0.15) is 0 Å². The summed E-state index contributed by atoms with van der Waals surface area (Å²) >= 11 is 0. The van der Waals surface area contributed by atoms with Crippen molar-refractivity contribution in [3.8, 4) is 0 Å². The van der Waals surface area contributed by atoms with Crippen LogP contribution in [0.3, 0.4) is 0 Å². The van der Waals surface area contributed by atoms with Crippen molar-refractivity contribution in [3.63, 3.8) is 0 Å². The van der Waals surface area contributed by atoms with Crippen LogP contribution in [0.2, 0.25) is 0 Å². The quantitative estimate of drug-likeness (QED) is 0.498. The third-order valence-electron chi connectivity index (χ3n) is 1.40. The summed E-state index contributed by atoms with van der Waals surface area (Å²) in [6, 6.07) is 0. The summed E-state index contributed by atoms with van der Waals surface area (Å²) in [5.74, 6) is -1.46. The van der Waals surface area contributed by atoms with Gasteiger partial charge in [-0.05, 0) is 6.92 Å². The molecule has 0 saturated heterocycles. The number of hydrogen-bond acceptors (Lipinski definition) is 3. The number of carboxylic acids is 1. The molecule has 0 amide bonds. The normalized spacial score (nSPS) is 11.4. The van der Waals surface area contributed by atoms with Gasteiger partial charge in [0.15, 0.2) is 0 Å². The molecule has 0 aromatic carbocycles. The maximum Gasteiger partial charge on any atom is 1.00 e. The second kappa shape index (κ2) is 4.91. The molecule has 1 rings (SSSR count). The number of nitrogens with zero attached hydrogens (tertiary/aromatic N) is 2. The Labute approximate surface area is 83.7 Å². The summed E-state index contributed by atoms with van der Waals surface area (Å²) < 4.78 is 0. The van der Waals surface area contributed by atoms with Gasteiger partial charge in [-0.1, -0.05) is 0 Å². The van der Waals surface area contributed by atoms with E-state index >= 15 is 0 Å². The number of hydrogen-bond donors (Lipinski definition) is 1. The van der Waals surface area contributed by atoms with Crippen molar-refractivity contribution in [2.45, 2.75) is 12.8 Å². The minimum atomic E-state index is -0.884. The molecule has 0 saturated carbocycles. The van der Waals surface area contributed by atoms with Crippen molar-refractivity contribution < 1.29 is 30.2 Å². The van der Waals surface area contributed by atoms with Gasteiger partial charge < -0.3 is 6.53 Å². The molecule has 12 heavy (non-hydrogen) atoms. The van der Waals surface area contributed by atoms with Gasteiger partial charge in [-0.3, -0.25) is 14.8 Å². The van der Waals surface area contributed by atoms with Crippen molar-refractivity contribution in [3.05, 3.63) is 24.3 Å². The summed E-state index contributed by atoms with van der Waals surface area (Å²) in [6.45, 7) is 1.58. The van der Waals surface area contributed by atoms with Crippen LogP contribution >= 0.6 is 0 Å². The fourth-order valence-electron chi connectivity index (χ4n) is 0.661. The van der Waals surface area contributed by atoms with E-state index in [0.29, 0.717) is 5.69 Å². The minimum absolute atomic E-state index is 0. The minimum Gasteiger partial charge on any atom is -1.00 e. The van der Waals surface area contributed by atoms with Crippen LogP contribution in [0.5, 0.6) is 0 Å². The summed E-state index contributed by atoms with van der Waals surface area (Å²) in [4.78, 5) is 18.1. The predicted octanol–water partition coefficient (Wildman–Crippen LogP) is -2.22. The van der Waals surface area contributed by atoms with E-state index in [2.05, 4.69) is 9.97 Å². The standard InChI is InChI=1S/C7H8N2O2.Li.H/c1-5(7(10)11)6-4-8-2-3-9-6;;/h2-5H,1H3,(H,10,11);;/q;+1;-1. The van der Waals surface area contributed by atoms with E-state index in [0.717, 1.165) is 0 Å². The summed E-state index contributed by atoms with van der Waals surface area (Å²) in [7, 11) is 0. The van der Waals surface area contributed by atoms with Crippen molar-refractivity contribution >= 4 is 5.97 Å². The monoisotopic (exact) mass is 160 g/mol. The van der Waals surface area contributed by atoms with Crippen molar-refractivity contribution in [2.24, 2.45) is 0 Å². The first-order valence-electron chi connectivity index (χ1n) is 3.20. The molecule has 0 fully saturated rings. The van der Waals surface area contributed by atoms with Gasteiger partial charge in [-0.25, -0.2) is 0 Å². The molecule has 5 heteroatoms. The second-order valence-electron chi connectivity index (χ2n) is 2.19. The number of carboxylic acid groups (broad SMARTS) is 1. The molecular weight excluding hydrogens is 151 g/mol. The Morgan fingerprint density at radius 2 is 2.33 bits per heavy atom. The van der Waals surface area contributed by atoms with Gasteiger partial charge in [0, 0.05) is 18.6 Å². The molecule has 1 aromatic heterocycles. The van der Waals surface area contributed by atoms with Gasteiger partial charge in [-0.2, -0.15) is 0 Å². The van der Waals surface area contributed by atoms with Crippen LogP contribution in [0.4, 0.5) is 0 Å². The van der Waals surface area contributed by atoms with Crippen LogP contribution in [0.25, 0.3) is 0 Å². The Morgan fingerprint density at radius 3 is 2.75 bits per heavy atom. The molecule has 0 bridgehead atoms. The molecule has 60 valence electrons. The topological polar surface area (TPSA) is 63.1 Å². The zero-order valence-electron chi connectivity index (χ0n) is 8.06. The first-order chi connectivity index (χ1) is 5.22. The Balaban J connectivity index is 0. The molecule has 0 aliphatic rings. The maximum absolute atomic E-state index is 10.4. The fraction of sp³-hybridized carbons (Fsp3) is 0.286. The first-order valence-corrected chi connectivity index (χ1v) is 3.20. The predicted molar refractivity (Wildman–Crippen MR) is 39.2 cm³/mol. The molecule has 1 unspecified atom stereocenters. The molecule has 1 atom stereocenters. The zero-order chi connectivity index (χ0) is 8.27. The Morgan fingerprint density at radius 1 is 1.67 bits per heavy atom. The molecule has 0 aliphatic carbocycles. The smallest absolute Gasteiger partial charge is 1.00 e. The van der Waals surface area contributed by atoms with E-state index in [1.54, 1.807) is 6.92 Å². The van der Waals surface area contributed by atoms with E-state index in [1.165, 1.54) is 18.6 Å². The SMILES string of the molecule is CC(C(=O)O)c1cnccn1.[H-].[Li+]. The van der Waals surface area contributed by atoms with E-state index < -0.39 is 11.9 Å². The fourth-order valence-corrected chi connectivity index (χ4v) is 0.661. The average molecular weight is 160 g/mol. The number of rotatable bonds is 2. The largest absolute Gasteiger partial charge is 1.00 e. The van der Waals surface area contributed by atoms with E-state index in [-0.39, 0.29) is 20.3 Å². The van der Waals surface area contributed by atoms with Crippen LogP contribution in [0.1, 0.15) is 20.0 Å². The van der Waals surface area contributed by atoms with Crippen LogP contribution in [-0.4, -0.2) is 21.0 Å². The first kappa shape index (κ1) is 11.1. The van der Waals surface area contributed by atoms with Gasteiger partial charge in [0.05, 0.1) is 11.6 Å². The molecule has 1 heterocycles. The zero-order valence-corrected chi connectivity index (χ0v) is 7.06. The van der Waals surface area contributed by atoms with E-state index in [1.807, 2.05) is 0 Å². The molecule has 0 spiro atoms. The third kappa shape index (κ3) is 2.65. The average Bonchev–Trinajstić information content (AvgIpc) is 2.05. The molecular formula is C7H9LiN2O2. The van der Waals surface area contributed by atoms with E-state index in [9.17, 15) is 4.79 Å². The Bertz CT molecular complexity index is 258. The van der Waals surface area contributed by atoms with Crippen molar-refractivity contribution in [1.82, 2.24) is 9.97 Å². The van der Waals surface area contributed by atoms with E-state index in [4.69, 9.17) is 5.11 Å². The van der Waals surface area contributed by atoms with Crippen LogP contribution in [-0.2, 0) is 4.79 Å². The molecule has 0 aliphatic heterocycles. The number of aliphatic carboxylic acids is 1. The summed E-state index contributed by atoms with van der Waals surface area (Å²) in [5.41, 5.74) is 0.486. The third-order valence-corrected chi connectivity index (χ3v) is 1.40.